The van der Waals surface area contributed by atoms with Gasteiger partial charge in [-0.15, -0.1) is 0 Å². The van der Waals surface area contributed by atoms with Gasteiger partial charge in [-0.1, -0.05) is 61.0 Å². The number of amidine groups is 2. The molecule has 0 aliphatic carbocycles. The highest BCUT2D eigenvalue weighted by Crippen LogP contribution is 2.34. The predicted octanol–water partition coefficient (Wildman–Crippen LogP) is 6.49. The van der Waals surface area contributed by atoms with Crippen LogP contribution >= 0.6 is 11.8 Å². The maximum absolute atomic E-state index is 13.0. The fourth-order valence-corrected chi connectivity index (χ4v) is 5.75. The summed E-state index contributed by atoms with van der Waals surface area (Å²) in [5.41, 5.74) is 5.71. The summed E-state index contributed by atoms with van der Waals surface area (Å²) in [6.07, 6.45) is 2.56. The van der Waals surface area contributed by atoms with Crippen LogP contribution in [-0.4, -0.2) is 31.5 Å². The number of amides is 1. The van der Waals surface area contributed by atoms with E-state index in [9.17, 15) is 4.79 Å². The topological polar surface area (TPSA) is 73.8 Å². The molecule has 2 aliphatic rings. The van der Waals surface area contributed by atoms with Crippen LogP contribution in [0.25, 0.3) is 27.8 Å². The lowest BCUT2D eigenvalue weighted by atomic mass is 10.0. The van der Waals surface area contributed by atoms with Gasteiger partial charge >= 0.3 is 0 Å². The second-order valence-corrected chi connectivity index (χ2v) is 10.2. The minimum atomic E-state index is -0.395. The Morgan fingerprint density at radius 2 is 1.83 bits per heavy atom. The molecule has 4 aromatic rings. The van der Waals surface area contributed by atoms with E-state index in [-0.39, 0.29) is 11.4 Å². The van der Waals surface area contributed by atoms with Gasteiger partial charge in [0.1, 0.15) is 5.04 Å². The third-order valence-electron chi connectivity index (χ3n) is 6.82. The van der Waals surface area contributed by atoms with Crippen molar-refractivity contribution in [3.63, 3.8) is 0 Å². The van der Waals surface area contributed by atoms with Gasteiger partial charge in [-0.25, -0.2) is 0 Å². The summed E-state index contributed by atoms with van der Waals surface area (Å²) in [5, 5.41) is 19.5. The van der Waals surface area contributed by atoms with E-state index >= 15 is 0 Å². The van der Waals surface area contributed by atoms with E-state index in [1.54, 1.807) is 0 Å². The molecule has 178 valence electrons. The molecule has 6 rings (SSSR count). The maximum atomic E-state index is 13.0. The Kier molecular flexibility index (Phi) is 5.38. The van der Waals surface area contributed by atoms with E-state index in [1.807, 2.05) is 13.0 Å². The number of benzene rings is 3. The molecule has 1 N–H and O–H groups in total. The second kappa shape index (κ2) is 8.60. The minimum absolute atomic E-state index is 0.0722. The molecule has 1 aromatic heterocycles. The minimum Gasteiger partial charge on any atom is -0.340 e. The first-order valence-corrected chi connectivity index (χ1v) is 12.8. The number of hydrazone groups is 1. The van der Waals surface area contributed by atoms with Crippen molar-refractivity contribution >= 4 is 61.5 Å². The lowest BCUT2D eigenvalue weighted by Gasteiger charge is -2.20. The van der Waals surface area contributed by atoms with Gasteiger partial charge in [-0.2, -0.15) is 15.1 Å². The van der Waals surface area contributed by atoms with Crippen LogP contribution in [0.4, 0.5) is 0 Å². The lowest BCUT2D eigenvalue weighted by molar-refractivity contribution is -0.114. The number of rotatable bonds is 4. The molecular weight excluding hydrogens is 466 g/mol. The molecule has 6 nitrogen and oxygen atoms in total. The third kappa shape index (κ3) is 3.58. The van der Waals surface area contributed by atoms with E-state index in [0.717, 1.165) is 39.2 Å². The molecule has 3 heterocycles. The number of carbonyl (C=O) groups is 1. The quantitative estimate of drug-likeness (QED) is 0.332. The molecule has 2 aliphatic heterocycles. The van der Waals surface area contributed by atoms with Crippen molar-refractivity contribution in [3.8, 4) is 0 Å². The number of nitrogens with zero attached hydrogens (tertiary/aromatic N) is 4. The van der Waals surface area contributed by atoms with Crippen molar-refractivity contribution < 1.29 is 4.79 Å². The molecule has 0 fully saturated rings. The summed E-state index contributed by atoms with van der Waals surface area (Å²) in [6.45, 7) is 6.86. The van der Waals surface area contributed by atoms with E-state index < -0.39 is 5.91 Å². The van der Waals surface area contributed by atoms with Gasteiger partial charge < -0.3 is 4.57 Å². The largest absolute Gasteiger partial charge is 0.340 e. The molecule has 0 saturated carbocycles. The summed E-state index contributed by atoms with van der Waals surface area (Å²) in [5.74, 6) is -0.323. The van der Waals surface area contributed by atoms with Crippen LogP contribution in [0.3, 0.4) is 0 Å². The third-order valence-corrected chi connectivity index (χ3v) is 7.88. The van der Waals surface area contributed by atoms with Crippen LogP contribution < -0.4 is 0 Å². The summed E-state index contributed by atoms with van der Waals surface area (Å²) in [6, 6.07) is 21.3. The molecule has 36 heavy (non-hydrogen) atoms. The van der Waals surface area contributed by atoms with Crippen LogP contribution in [0, 0.1) is 19.3 Å². The molecule has 7 heteroatoms. The number of hydrogen-bond acceptors (Lipinski definition) is 4. The van der Waals surface area contributed by atoms with E-state index in [0.29, 0.717) is 11.7 Å². The Labute approximate surface area is 213 Å². The number of aliphatic imine (C=N–C) groups is 1. The first-order chi connectivity index (χ1) is 17.4. The van der Waals surface area contributed by atoms with Crippen LogP contribution in [0.1, 0.15) is 35.7 Å². The number of carbonyl (C=O) groups excluding carboxylic acids is 1. The zero-order valence-corrected chi connectivity index (χ0v) is 21.2. The highest BCUT2D eigenvalue weighted by molar-refractivity contribution is 8.26. The standard InChI is InChI=1S/C29H25N5OS/c1-4-26-32-34-27(30)24(28(35)31-29(34)36-26)15-22-18(3)33(25-13-12-17(2)14-23(22)25)16-20-10-7-9-19-8-5-6-11-21(19)20/h5-15,30H,4,16H2,1-3H3/b24-15+,30-27?. The second-order valence-electron chi connectivity index (χ2n) is 9.11. The van der Waals surface area contributed by atoms with Crippen molar-refractivity contribution in [1.29, 1.82) is 5.41 Å². The number of thioether (sulfide) groups is 1. The van der Waals surface area contributed by atoms with E-state index in [4.69, 9.17) is 5.41 Å². The highest BCUT2D eigenvalue weighted by Gasteiger charge is 2.35. The number of aryl methyl sites for hydroxylation is 1. The fraction of sp³-hybridized carbons (Fsp3) is 0.172. The zero-order valence-electron chi connectivity index (χ0n) is 20.4. The molecule has 0 spiro atoms. The number of aromatic nitrogens is 1. The molecule has 0 atom stereocenters. The number of hydrogen-bond donors (Lipinski definition) is 1. The maximum Gasteiger partial charge on any atom is 0.283 e. The van der Waals surface area contributed by atoms with Crippen LogP contribution in [-0.2, 0) is 11.3 Å². The summed E-state index contributed by atoms with van der Waals surface area (Å²) in [4.78, 5) is 17.3. The van der Waals surface area contributed by atoms with Crippen molar-refractivity contribution in [2.45, 2.75) is 33.7 Å². The van der Waals surface area contributed by atoms with Crippen molar-refractivity contribution in [2.75, 3.05) is 0 Å². The Hall–Kier alpha value is -3.97. The Morgan fingerprint density at radius 3 is 2.67 bits per heavy atom. The van der Waals surface area contributed by atoms with Gasteiger partial charge in [-0.05, 0) is 66.6 Å². The molecular formula is C29H25N5OS. The molecule has 0 saturated heterocycles. The van der Waals surface area contributed by atoms with Crippen molar-refractivity contribution in [3.05, 3.63) is 88.6 Å². The number of nitrogens with one attached hydrogen (secondary N) is 1. The Bertz CT molecular complexity index is 1690. The highest BCUT2D eigenvalue weighted by atomic mass is 32.2. The van der Waals surface area contributed by atoms with Crippen LogP contribution in [0.15, 0.2) is 76.3 Å². The van der Waals surface area contributed by atoms with Gasteiger partial charge in [0.15, 0.2) is 5.84 Å². The molecule has 1 amide bonds. The van der Waals surface area contributed by atoms with Gasteiger partial charge in [0.2, 0.25) is 5.17 Å². The van der Waals surface area contributed by atoms with Gasteiger partial charge in [0.25, 0.3) is 5.91 Å². The molecule has 0 unspecified atom stereocenters. The summed E-state index contributed by atoms with van der Waals surface area (Å²) in [7, 11) is 0. The van der Waals surface area contributed by atoms with E-state index in [1.165, 1.54) is 33.1 Å². The average Bonchev–Trinajstić information content (AvgIpc) is 3.40. The van der Waals surface area contributed by atoms with Gasteiger partial charge in [0.05, 0.1) is 5.57 Å². The normalized spacial score (nSPS) is 16.8. The van der Waals surface area contributed by atoms with Crippen molar-refractivity contribution in [1.82, 2.24) is 9.58 Å². The smallest absolute Gasteiger partial charge is 0.283 e. The summed E-state index contributed by atoms with van der Waals surface area (Å²) >= 11 is 1.36. The van der Waals surface area contributed by atoms with Gasteiger partial charge in [0, 0.05) is 28.7 Å². The van der Waals surface area contributed by atoms with Crippen molar-refractivity contribution in [2.24, 2.45) is 10.1 Å². The molecule has 0 radical (unpaired) electrons. The average molecular weight is 492 g/mol. The Balaban J connectivity index is 1.50. The Morgan fingerprint density at radius 1 is 1.03 bits per heavy atom. The first-order valence-electron chi connectivity index (χ1n) is 12.0. The summed E-state index contributed by atoms with van der Waals surface area (Å²) < 4.78 is 2.30. The number of fused-ring (bicyclic) bond motifs is 3. The predicted molar refractivity (Wildman–Crippen MR) is 150 cm³/mol. The van der Waals surface area contributed by atoms with Crippen LogP contribution in [0.2, 0.25) is 0 Å². The van der Waals surface area contributed by atoms with Gasteiger partial charge in [-0.3, -0.25) is 10.2 Å². The fourth-order valence-electron chi connectivity index (χ4n) is 4.93. The molecule has 3 aromatic carbocycles. The van der Waals surface area contributed by atoms with E-state index in [2.05, 4.69) is 89.2 Å². The van der Waals surface area contributed by atoms with Crippen LogP contribution in [0.5, 0.6) is 0 Å². The zero-order chi connectivity index (χ0) is 25.0. The lowest BCUT2D eigenvalue weighted by Crippen LogP contribution is -2.35. The molecule has 0 bridgehead atoms. The SMILES string of the molecule is CCC1=NN2C(=N)/C(=C\c3c(C)n(Cc4cccc5ccccc45)c4ccc(C)cc34)C(=O)N=C2S1. The first kappa shape index (κ1) is 22.5. The monoisotopic (exact) mass is 491 g/mol.